The van der Waals surface area contributed by atoms with Crippen molar-refractivity contribution in [2.24, 2.45) is 0 Å². The smallest absolute Gasteiger partial charge is 0.410 e. The molecule has 0 atom stereocenters. The lowest BCUT2D eigenvalue weighted by atomic mass is 9.95. The first-order valence-corrected chi connectivity index (χ1v) is 11.3. The Balaban J connectivity index is 1.83. The van der Waals surface area contributed by atoms with Crippen LogP contribution < -0.4 is 0 Å². The van der Waals surface area contributed by atoms with Crippen LogP contribution in [0.4, 0.5) is 4.79 Å². The molecule has 3 aromatic rings. The van der Waals surface area contributed by atoms with Gasteiger partial charge in [-0.25, -0.2) is 4.79 Å². The number of aryl methyl sites for hydroxylation is 1. The highest BCUT2D eigenvalue weighted by molar-refractivity contribution is 6.31. The Labute approximate surface area is 203 Å². The number of carboxylic acids is 1. The fourth-order valence-electron chi connectivity index (χ4n) is 3.55. The monoisotopic (exact) mass is 485 g/mol. The quantitative estimate of drug-likeness (QED) is 0.382. The van der Waals surface area contributed by atoms with Crippen LogP contribution in [0.3, 0.4) is 0 Å². The second-order valence-electron chi connectivity index (χ2n) is 7.77. The van der Waals surface area contributed by atoms with Crippen LogP contribution in [0.2, 0.25) is 10.0 Å². The summed E-state index contributed by atoms with van der Waals surface area (Å²) in [4.78, 5) is 25.6. The Morgan fingerprint density at radius 1 is 0.939 bits per heavy atom. The minimum Gasteiger partial charge on any atom is -0.481 e. The molecular formula is C26H25Cl2NO4. The van der Waals surface area contributed by atoms with E-state index in [-0.39, 0.29) is 13.0 Å². The summed E-state index contributed by atoms with van der Waals surface area (Å²) in [6.07, 6.45) is -0.537. The molecule has 33 heavy (non-hydrogen) atoms. The second-order valence-corrected chi connectivity index (χ2v) is 8.65. The maximum absolute atomic E-state index is 12.8. The maximum atomic E-state index is 12.8. The molecule has 0 saturated carbocycles. The minimum absolute atomic E-state index is 0.118. The number of halogens is 2. The van der Waals surface area contributed by atoms with Crippen molar-refractivity contribution in [2.75, 3.05) is 6.54 Å². The van der Waals surface area contributed by atoms with Crippen LogP contribution in [0.1, 0.15) is 29.2 Å². The number of carboxylic acid groups (broad SMARTS) is 1. The van der Waals surface area contributed by atoms with Gasteiger partial charge in [-0.1, -0.05) is 65.2 Å². The van der Waals surface area contributed by atoms with Crippen molar-refractivity contribution in [3.63, 3.8) is 0 Å². The molecule has 0 aliphatic carbocycles. The molecule has 0 radical (unpaired) electrons. The van der Waals surface area contributed by atoms with Crippen LogP contribution in [0.5, 0.6) is 0 Å². The molecule has 0 aromatic heterocycles. The number of benzene rings is 3. The van der Waals surface area contributed by atoms with Gasteiger partial charge >= 0.3 is 12.1 Å². The Hall–Kier alpha value is -3.02. The van der Waals surface area contributed by atoms with E-state index in [4.69, 9.17) is 33.0 Å². The minimum atomic E-state index is -0.923. The second kappa shape index (κ2) is 11.2. The average molecular weight is 486 g/mol. The van der Waals surface area contributed by atoms with Gasteiger partial charge in [0.2, 0.25) is 0 Å². The average Bonchev–Trinajstić information content (AvgIpc) is 2.76. The summed E-state index contributed by atoms with van der Waals surface area (Å²) in [6.45, 7) is 4.83. The van der Waals surface area contributed by atoms with E-state index in [0.717, 1.165) is 27.8 Å². The van der Waals surface area contributed by atoms with Crippen LogP contribution in [-0.4, -0.2) is 28.6 Å². The standard InChI is InChI=1S/C26H25Cl2NO4/c1-3-29(26(32)33-16-18-5-7-22(27)8-6-18)15-21-10-17(2)4-9-24(21)20-11-19(13-25(30)31)12-23(28)14-20/h4-12,14H,3,13,15-16H2,1-2H3,(H,30,31). The highest BCUT2D eigenvalue weighted by atomic mass is 35.5. The molecule has 7 heteroatoms. The van der Waals surface area contributed by atoms with E-state index in [1.807, 2.05) is 50.2 Å². The van der Waals surface area contributed by atoms with Gasteiger partial charge < -0.3 is 14.7 Å². The first-order chi connectivity index (χ1) is 15.7. The van der Waals surface area contributed by atoms with E-state index in [1.54, 1.807) is 29.2 Å². The molecule has 0 unspecified atom stereocenters. The fraction of sp³-hybridized carbons (Fsp3) is 0.231. The maximum Gasteiger partial charge on any atom is 0.410 e. The predicted octanol–water partition coefficient (Wildman–Crippen LogP) is 6.75. The molecule has 0 heterocycles. The lowest BCUT2D eigenvalue weighted by Gasteiger charge is -2.23. The van der Waals surface area contributed by atoms with Gasteiger partial charge in [-0.05, 0) is 65.9 Å². The third kappa shape index (κ3) is 6.98. The summed E-state index contributed by atoms with van der Waals surface area (Å²) < 4.78 is 5.51. The summed E-state index contributed by atoms with van der Waals surface area (Å²) in [5, 5.41) is 10.2. The van der Waals surface area contributed by atoms with Crippen LogP contribution >= 0.6 is 23.2 Å². The molecule has 0 aliphatic heterocycles. The lowest BCUT2D eigenvalue weighted by molar-refractivity contribution is -0.136. The van der Waals surface area contributed by atoms with Gasteiger partial charge in [-0.2, -0.15) is 0 Å². The fourth-order valence-corrected chi connectivity index (χ4v) is 3.93. The van der Waals surface area contributed by atoms with Gasteiger partial charge in [-0.3, -0.25) is 4.79 Å². The first kappa shape index (κ1) is 24.6. The number of aliphatic carboxylic acids is 1. The van der Waals surface area contributed by atoms with Gasteiger partial charge in [-0.15, -0.1) is 0 Å². The molecular weight excluding hydrogens is 461 g/mol. The third-order valence-electron chi connectivity index (χ3n) is 5.16. The Morgan fingerprint density at radius 3 is 2.33 bits per heavy atom. The zero-order valence-electron chi connectivity index (χ0n) is 18.5. The normalized spacial score (nSPS) is 10.7. The van der Waals surface area contributed by atoms with Crippen LogP contribution in [0.15, 0.2) is 60.7 Å². The Bertz CT molecular complexity index is 1150. The summed E-state index contributed by atoms with van der Waals surface area (Å²) in [5.41, 5.74) is 5.13. The van der Waals surface area contributed by atoms with Crippen molar-refractivity contribution >= 4 is 35.3 Å². The predicted molar refractivity (Wildman–Crippen MR) is 131 cm³/mol. The Morgan fingerprint density at radius 2 is 1.67 bits per heavy atom. The van der Waals surface area contributed by atoms with Crippen molar-refractivity contribution in [2.45, 2.75) is 33.4 Å². The highest BCUT2D eigenvalue weighted by Gasteiger charge is 2.17. The van der Waals surface area contributed by atoms with Crippen LogP contribution in [0.25, 0.3) is 11.1 Å². The lowest BCUT2D eigenvalue weighted by Crippen LogP contribution is -2.31. The molecule has 5 nitrogen and oxygen atoms in total. The molecule has 1 amide bonds. The molecule has 172 valence electrons. The van der Waals surface area contributed by atoms with Crippen LogP contribution in [0, 0.1) is 6.92 Å². The number of carbonyl (C=O) groups is 2. The number of nitrogens with zero attached hydrogens (tertiary/aromatic N) is 1. The third-order valence-corrected chi connectivity index (χ3v) is 5.63. The van der Waals surface area contributed by atoms with Crippen molar-refractivity contribution in [3.05, 3.63) is 93.0 Å². The number of hydrogen-bond donors (Lipinski definition) is 1. The molecule has 3 rings (SSSR count). The molecule has 0 bridgehead atoms. The molecule has 0 saturated heterocycles. The summed E-state index contributed by atoms with van der Waals surface area (Å²) in [7, 11) is 0. The number of amides is 1. The topological polar surface area (TPSA) is 66.8 Å². The first-order valence-electron chi connectivity index (χ1n) is 10.5. The van der Waals surface area contributed by atoms with E-state index in [1.165, 1.54) is 0 Å². The van der Waals surface area contributed by atoms with Gasteiger partial charge in [0.25, 0.3) is 0 Å². The van der Waals surface area contributed by atoms with E-state index < -0.39 is 12.1 Å². The van der Waals surface area contributed by atoms with E-state index in [0.29, 0.717) is 28.7 Å². The summed E-state index contributed by atoms with van der Waals surface area (Å²) in [6, 6.07) is 18.4. The molecule has 0 aliphatic rings. The zero-order valence-corrected chi connectivity index (χ0v) is 20.0. The van der Waals surface area contributed by atoms with Gasteiger partial charge in [0.1, 0.15) is 6.61 Å². The van der Waals surface area contributed by atoms with Crippen molar-refractivity contribution in [1.82, 2.24) is 4.90 Å². The molecule has 0 fully saturated rings. The van der Waals surface area contributed by atoms with Gasteiger partial charge in [0, 0.05) is 23.1 Å². The Kier molecular flexibility index (Phi) is 8.37. The van der Waals surface area contributed by atoms with Crippen LogP contribution in [-0.2, 0) is 29.1 Å². The zero-order chi connectivity index (χ0) is 24.0. The van der Waals surface area contributed by atoms with Gasteiger partial charge in [0.05, 0.1) is 6.42 Å². The largest absolute Gasteiger partial charge is 0.481 e. The summed E-state index contributed by atoms with van der Waals surface area (Å²) in [5.74, 6) is -0.923. The van der Waals surface area contributed by atoms with E-state index >= 15 is 0 Å². The highest BCUT2D eigenvalue weighted by Crippen LogP contribution is 2.30. The summed E-state index contributed by atoms with van der Waals surface area (Å²) >= 11 is 12.2. The number of carbonyl (C=O) groups excluding carboxylic acids is 1. The van der Waals surface area contributed by atoms with Crippen molar-refractivity contribution in [3.8, 4) is 11.1 Å². The van der Waals surface area contributed by atoms with E-state index in [2.05, 4.69) is 0 Å². The SMILES string of the molecule is CCN(Cc1cc(C)ccc1-c1cc(Cl)cc(CC(=O)O)c1)C(=O)OCc1ccc(Cl)cc1. The van der Waals surface area contributed by atoms with Crippen molar-refractivity contribution in [1.29, 1.82) is 0 Å². The van der Waals surface area contributed by atoms with Crippen molar-refractivity contribution < 1.29 is 19.4 Å². The number of ether oxygens (including phenoxy) is 1. The van der Waals surface area contributed by atoms with E-state index in [9.17, 15) is 9.59 Å². The number of hydrogen-bond acceptors (Lipinski definition) is 3. The molecule has 0 spiro atoms. The van der Waals surface area contributed by atoms with Gasteiger partial charge in [0.15, 0.2) is 0 Å². The molecule has 1 N–H and O–H groups in total. The molecule has 3 aromatic carbocycles. The number of rotatable bonds is 8.